The Balaban J connectivity index is 1.21. The number of carbonyl (C=O) groups excluding carboxylic acids is 1. The SMILES string of the molecule is COc1ccc2cc(C(=O)N3CCC(Cn4cnc(C5CC5)cc4=O)CC3)[nH]c2c1. The first kappa shape index (κ1) is 18.9. The number of aromatic nitrogens is 3. The first-order valence-corrected chi connectivity index (χ1v) is 10.6. The van der Waals surface area contributed by atoms with Gasteiger partial charge in [0.2, 0.25) is 0 Å². The largest absolute Gasteiger partial charge is 0.497 e. The molecule has 2 fully saturated rings. The summed E-state index contributed by atoms with van der Waals surface area (Å²) in [6, 6.07) is 9.34. The van der Waals surface area contributed by atoms with Gasteiger partial charge in [-0.25, -0.2) is 4.98 Å². The normalized spacial score (nSPS) is 17.4. The molecule has 3 heterocycles. The first-order chi connectivity index (χ1) is 14.6. The molecule has 2 aromatic heterocycles. The molecule has 30 heavy (non-hydrogen) atoms. The average Bonchev–Trinajstić information content (AvgIpc) is 3.53. The molecule has 3 aromatic rings. The maximum atomic E-state index is 12.9. The van der Waals surface area contributed by atoms with Crippen LogP contribution in [0.1, 0.15) is 47.8 Å². The van der Waals surface area contributed by atoms with Gasteiger partial charge in [-0.2, -0.15) is 0 Å². The molecule has 5 rings (SSSR count). The molecule has 1 saturated heterocycles. The molecular weight excluding hydrogens is 380 g/mol. The van der Waals surface area contributed by atoms with Gasteiger partial charge in [0.1, 0.15) is 11.4 Å². The molecule has 0 radical (unpaired) electrons. The zero-order chi connectivity index (χ0) is 20.7. The van der Waals surface area contributed by atoms with Gasteiger partial charge in [0.15, 0.2) is 0 Å². The number of piperidine rings is 1. The monoisotopic (exact) mass is 406 g/mol. The van der Waals surface area contributed by atoms with Crippen molar-refractivity contribution >= 4 is 16.8 Å². The van der Waals surface area contributed by atoms with Crippen molar-refractivity contribution in [3.63, 3.8) is 0 Å². The van der Waals surface area contributed by atoms with Crippen LogP contribution in [0.4, 0.5) is 0 Å². The number of likely N-dealkylation sites (tertiary alicyclic amines) is 1. The molecule has 156 valence electrons. The summed E-state index contributed by atoms with van der Waals surface area (Å²) in [4.78, 5) is 34.9. The summed E-state index contributed by atoms with van der Waals surface area (Å²) in [7, 11) is 1.63. The first-order valence-electron chi connectivity index (χ1n) is 10.6. The zero-order valence-electron chi connectivity index (χ0n) is 17.1. The van der Waals surface area contributed by atoms with Crippen LogP contribution in [0.2, 0.25) is 0 Å². The molecule has 1 amide bonds. The van der Waals surface area contributed by atoms with Gasteiger partial charge in [0, 0.05) is 48.6 Å². The minimum atomic E-state index is 0.0243. The second kappa shape index (κ2) is 7.63. The molecule has 1 N–H and O–H groups in total. The fourth-order valence-electron chi connectivity index (χ4n) is 4.29. The Morgan fingerprint density at radius 3 is 2.67 bits per heavy atom. The lowest BCUT2D eigenvalue weighted by atomic mass is 9.96. The summed E-state index contributed by atoms with van der Waals surface area (Å²) in [5.41, 5.74) is 2.48. The molecule has 0 unspecified atom stereocenters. The van der Waals surface area contributed by atoms with Crippen LogP contribution in [0.25, 0.3) is 10.9 Å². The van der Waals surface area contributed by atoms with Gasteiger partial charge in [-0.15, -0.1) is 0 Å². The minimum absolute atomic E-state index is 0.0243. The van der Waals surface area contributed by atoms with Crippen LogP contribution in [0.5, 0.6) is 5.75 Å². The number of carbonyl (C=O) groups is 1. The molecule has 1 saturated carbocycles. The smallest absolute Gasteiger partial charge is 0.270 e. The van der Waals surface area contributed by atoms with Gasteiger partial charge in [0.25, 0.3) is 11.5 Å². The quantitative estimate of drug-likeness (QED) is 0.706. The number of fused-ring (bicyclic) bond motifs is 1. The third-order valence-corrected chi connectivity index (χ3v) is 6.31. The fraction of sp³-hybridized carbons (Fsp3) is 0.435. The molecule has 7 nitrogen and oxygen atoms in total. The molecule has 0 bridgehead atoms. The van der Waals surface area contributed by atoms with Crippen molar-refractivity contribution in [2.24, 2.45) is 5.92 Å². The van der Waals surface area contributed by atoms with Crippen molar-refractivity contribution in [2.45, 2.75) is 38.1 Å². The number of ether oxygens (including phenoxy) is 1. The van der Waals surface area contributed by atoms with Gasteiger partial charge in [-0.1, -0.05) is 0 Å². The number of rotatable bonds is 5. The minimum Gasteiger partial charge on any atom is -0.497 e. The van der Waals surface area contributed by atoms with Crippen LogP contribution in [0.15, 0.2) is 41.5 Å². The Hall–Kier alpha value is -3.09. The van der Waals surface area contributed by atoms with E-state index in [4.69, 9.17) is 4.74 Å². The van der Waals surface area contributed by atoms with E-state index < -0.39 is 0 Å². The van der Waals surface area contributed by atoms with Crippen LogP contribution in [-0.2, 0) is 6.54 Å². The summed E-state index contributed by atoms with van der Waals surface area (Å²) >= 11 is 0. The van der Waals surface area contributed by atoms with Crippen molar-refractivity contribution in [1.29, 1.82) is 0 Å². The highest BCUT2D eigenvalue weighted by Gasteiger charge is 2.27. The van der Waals surface area contributed by atoms with E-state index in [-0.39, 0.29) is 11.5 Å². The van der Waals surface area contributed by atoms with Crippen LogP contribution in [0.3, 0.4) is 0 Å². The Morgan fingerprint density at radius 2 is 1.97 bits per heavy atom. The maximum Gasteiger partial charge on any atom is 0.270 e. The van der Waals surface area contributed by atoms with E-state index in [0.717, 1.165) is 48.0 Å². The van der Waals surface area contributed by atoms with Crippen molar-refractivity contribution in [3.8, 4) is 5.75 Å². The number of amides is 1. The Kier molecular flexibility index (Phi) is 4.81. The van der Waals surface area contributed by atoms with Crippen LogP contribution in [-0.4, -0.2) is 45.5 Å². The van der Waals surface area contributed by atoms with E-state index in [1.807, 2.05) is 29.2 Å². The number of benzene rings is 1. The molecule has 7 heteroatoms. The van der Waals surface area contributed by atoms with Crippen molar-refractivity contribution in [1.82, 2.24) is 19.4 Å². The standard InChI is InChI=1S/C23H26N4O3/c1-30-18-5-4-17-10-21(25-20(17)11-18)23(29)26-8-6-15(7-9-26)13-27-14-24-19(12-22(27)28)16-2-3-16/h4-5,10-12,14-16,25H,2-3,6-9,13H2,1H3. The molecule has 1 aliphatic carbocycles. The summed E-state index contributed by atoms with van der Waals surface area (Å²) < 4.78 is 6.98. The van der Waals surface area contributed by atoms with E-state index in [1.165, 1.54) is 0 Å². The molecule has 1 aromatic carbocycles. The second-order valence-corrected chi connectivity index (χ2v) is 8.45. The number of methoxy groups -OCH3 is 1. The predicted molar refractivity (Wildman–Crippen MR) is 114 cm³/mol. The summed E-state index contributed by atoms with van der Waals surface area (Å²) in [5, 5.41) is 0.996. The number of hydrogen-bond acceptors (Lipinski definition) is 4. The van der Waals surface area contributed by atoms with Gasteiger partial charge in [0.05, 0.1) is 19.1 Å². The Bertz CT molecular complexity index is 1140. The average molecular weight is 406 g/mol. The number of H-pyrrole nitrogens is 1. The number of hydrogen-bond donors (Lipinski definition) is 1. The van der Waals surface area contributed by atoms with Crippen molar-refractivity contribution < 1.29 is 9.53 Å². The number of nitrogens with one attached hydrogen (secondary N) is 1. The second-order valence-electron chi connectivity index (χ2n) is 8.45. The molecular formula is C23H26N4O3. The van der Waals surface area contributed by atoms with E-state index in [2.05, 4.69) is 9.97 Å². The molecule has 0 atom stereocenters. The van der Waals surface area contributed by atoms with Gasteiger partial charge < -0.3 is 14.6 Å². The highest BCUT2D eigenvalue weighted by molar-refractivity contribution is 5.98. The van der Waals surface area contributed by atoms with E-state index in [9.17, 15) is 9.59 Å². The van der Waals surface area contributed by atoms with Crippen LogP contribution < -0.4 is 10.3 Å². The lowest BCUT2D eigenvalue weighted by Crippen LogP contribution is -2.40. The van der Waals surface area contributed by atoms with Crippen LogP contribution in [0, 0.1) is 5.92 Å². The maximum absolute atomic E-state index is 12.9. The summed E-state index contributed by atoms with van der Waals surface area (Å²) in [6.45, 7) is 2.07. The van der Waals surface area contributed by atoms with E-state index in [1.54, 1.807) is 24.1 Å². The Labute approximate surface area is 174 Å². The molecule has 2 aliphatic rings. The van der Waals surface area contributed by atoms with Crippen molar-refractivity contribution in [2.75, 3.05) is 20.2 Å². The predicted octanol–water partition coefficient (Wildman–Crippen LogP) is 3.16. The highest BCUT2D eigenvalue weighted by Crippen LogP contribution is 2.38. The van der Waals surface area contributed by atoms with E-state index >= 15 is 0 Å². The van der Waals surface area contributed by atoms with Gasteiger partial charge >= 0.3 is 0 Å². The van der Waals surface area contributed by atoms with Crippen molar-refractivity contribution in [3.05, 3.63) is 58.4 Å². The van der Waals surface area contributed by atoms with Gasteiger partial charge in [-0.3, -0.25) is 14.2 Å². The molecule has 1 aliphatic heterocycles. The lowest BCUT2D eigenvalue weighted by molar-refractivity contribution is 0.0677. The van der Waals surface area contributed by atoms with E-state index in [0.29, 0.717) is 37.2 Å². The third kappa shape index (κ3) is 3.72. The fourth-order valence-corrected chi connectivity index (χ4v) is 4.29. The number of aromatic amines is 1. The summed E-state index contributed by atoms with van der Waals surface area (Å²) in [5.74, 6) is 1.66. The lowest BCUT2D eigenvalue weighted by Gasteiger charge is -2.32. The Morgan fingerprint density at radius 1 is 1.17 bits per heavy atom. The number of nitrogens with zero attached hydrogens (tertiary/aromatic N) is 3. The zero-order valence-corrected chi connectivity index (χ0v) is 17.1. The topological polar surface area (TPSA) is 80.2 Å². The third-order valence-electron chi connectivity index (χ3n) is 6.31. The molecule has 0 spiro atoms. The highest BCUT2D eigenvalue weighted by atomic mass is 16.5. The van der Waals surface area contributed by atoms with Gasteiger partial charge in [-0.05, 0) is 49.8 Å². The van der Waals surface area contributed by atoms with Crippen LogP contribution >= 0.6 is 0 Å². The summed E-state index contributed by atoms with van der Waals surface area (Å²) in [6.07, 6.45) is 5.76.